The average molecular weight is 181 g/mol. The first kappa shape index (κ1) is 8.76. The van der Waals surface area contributed by atoms with Gasteiger partial charge in [-0.05, 0) is 0 Å². The summed E-state index contributed by atoms with van der Waals surface area (Å²) < 4.78 is 47.6. The van der Waals surface area contributed by atoms with Crippen molar-refractivity contribution in [2.75, 3.05) is 0 Å². The fourth-order valence-electron chi connectivity index (χ4n) is 0.668. The van der Waals surface area contributed by atoms with Crippen molar-refractivity contribution < 1.29 is 17.6 Å². The number of aromatic amines is 1. The lowest BCUT2D eigenvalue weighted by atomic mass is 10.3. The Hall–Kier alpha value is -1.33. The molecule has 0 aliphatic rings. The topological polar surface area (TPSA) is 32.9 Å². The summed E-state index contributed by atoms with van der Waals surface area (Å²) in [6.45, 7) is 0. The zero-order valence-corrected chi connectivity index (χ0v) is 5.57. The number of H-pyrrole nitrogens is 1. The van der Waals surface area contributed by atoms with Gasteiger partial charge in [-0.1, -0.05) is 0 Å². The second kappa shape index (κ2) is 2.62. The van der Waals surface area contributed by atoms with E-state index in [0.717, 1.165) is 0 Å². The minimum Gasteiger partial charge on any atom is -0.338 e. The van der Waals surface area contributed by atoms with Crippen LogP contribution in [-0.2, 0) is 6.18 Å². The molecule has 1 N–H and O–H groups in total. The van der Waals surface area contributed by atoms with Gasteiger partial charge in [-0.25, -0.2) is 0 Å². The Balaban J connectivity index is 3.29. The minimum absolute atomic E-state index is 0.253. The van der Waals surface area contributed by atoms with Crippen LogP contribution in [0.2, 0.25) is 0 Å². The van der Waals surface area contributed by atoms with Gasteiger partial charge in [0, 0.05) is 12.3 Å². The van der Waals surface area contributed by atoms with Crippen LogP contribution in [0.1, 0.15) is 5.56 Å². The number of hydrogen-bond donors (Lipinski definition) is 1. The molecule has 2 nitrogen and oxygen atoms in total. The molecule has 66 valence electrons. The molecule has 1 heterocycles. The summed E-state index contributed by atoms with van der Waals surface area (Å²) in [5.41, 5.74) is -2.78. The van der Waals surface area contributed by atoms with E-state index in [1.54, 1.807) is 4.98 Å². The number of hydrogen-bond acceptors (Lipinski definition) is 1. The maximum atomic E-state index is 12.1. The molecule has 0 bridgehead atoms. The highest BCUT2D eigenvalue weighted by Gasteiger charge is 2.33. The summed E-state index contributed by atoms with van der Waals surface area (Å²) in [5, 5.41) is 0. The first-order valence-electron chi connectivity index (χ1n) is 2.86. The van der Waals surface area contributed by atoms with E-state index in [9.17, 15) is 22.4 Å². The Labute approximate surface area is 63.8 Å². The molecule has 1 rings (SSSR count). The van der Waals surface area contributed by atoms with Crippen LogP contribution in [0.15, 0.2) is 17.1 Å². The molecule has 0 aliphatic carbocycles. The molecule has 0 unspecified atom stereocenters. The van der Waals surface area contributed by atoms with Gasteiger partial charge in [0.2, 0.25) is 0 Å². The van der Waals surface area contributed by atoms with E-state index in [-0.39, 0.29) is 6.07 Å². The normalized spacial score (nSPS) is 11.7. The van der Waals surface area contributed by atoms with Gasteiger partial charge >= 0.3 is 6.18 Å². The van der Waals surface area contributed by atoms with Crippen LogP contribution >= 0.6 is 0 Å². The Kier molecular flexibility index (Phi) is 1.91. The van der Waals surface area contributed by atoms with Gasteiger partial charge in [-0.15, -0.1) is 0 Å². The molecule has 0 fully saturated rings. The molecule has 0 saturated carbocycles. The third kappa shape index (κ3) is 1.63. The molecule has 0 amide bonds. The quantitative estimate of drug-likeness (QED) is 0.477. The van der Waals surface area contributed by atoms with Gasteiger partial charge in [0.05, 0.1) is 0 Å². The molecule has 6 heteroatoms. The van der Waals surface area contributed by atoms with Crippen LogP contribution in [0.3, 0.4) is 0 Å². The molecule has 0 aliphatic heterocycles. The molecule has 0 saturated heterocycles. The van der Waals surface area contributed by atoms with Crippen LogP contribution in [0.4, 0.5) is 17.6 Å². The van der Waals surface area contributed by atoms with Crippen molar-refractivity contribution in [2.45, 2.75) is 6.18 Å². The maximum Gasteiger partial charge on any atom is 0.421 e. The third-order valence-electron chi connectivity index (χ3n) is 1.18. The van der Waals surface area contributed by atoms with E-state index in [2.05, 4.69) is 0 Å². The highest BCUT2D eigenvalue weighted by molar-refractivity contribution is 5.13. The van der Waals surface area contributed by atoms with E-state index >= 15 is 0 Å². The molecule has 1 aromatic heterocycles. The first-order chi connectivity index (χ1) is 5.41. The molecule has 12 heavy (non-hydrogen) atoms. The van der Waals surface area contributed by atoms with Crippen molar-refractivity contribution in [1.29, 1.82) is 0 Å². The van der Waals surface area contributed by atoms with E-state index < -0.39 is 23.1 Å². The molecular formula is C6H3F4NO. The standard InChI is InChI=1S/C6H3F4NO/c7-5-1-4(12)3(2-11-5)6(8,9)10/h1-2H,(H,11,12). The lowest BCUT2D eigenvalue weighted by molar-refractivity contribution is -0.138. The second-order valence-electron chi connectivity index (χ2n) is 2.06. The Morgan fingerprint density at radius 2 is 1.92 bits per heavy atom. The molecule has 0 aromatic carbocycles. The monoisotopic (exact) mass is 181 g/mol. The summed E-state index contributed by atoms with van der Waals surface area (Å²) in [5.74, 6) is -1.09. The average Bonchev–Trinajstić information content (AvgIpc) is 1.83. The molecule has 0 radical (unpaired) electrons. The molecule has 1 aromatic rings. The molecule has 0 atom stereocenters. The van der Waals surface area contributed by atoms with E-state index in [1.165, 1.54) is 0 Å². The number of nitrogens with one attached hydrogen (secondary N) is 1. The first-order valence-corrected chi connectivity index (χ1v) is 2.86. The van der Waals surface area contributed by atoms with Crippen molar-refractivity contribution >= 4 is 0 Å². The van der Waals surface area contributed by atoms with Crippen LogP contribution in [-0.4, -0.2) is 4.98 Å². The van der Waals surface area contributed by atoms with Gasteiger partial charge in [-0.3, -0.25) is 4.79 Å². The van der Waals surface area contributed by atoms with Gasteiger partial charge in [0.25, 0.3) is 0 Å². The van der Waals surface area contributed by atoms with E-state index in [4.69, 9.17) is 0 Å². The smallest absolute Gasteiger partial charge is 0.338 e. The van der Waals surface area contributed by atoms with Crippen molar-refractivity contribution in [3.8, 4) is 0 Å². The van der Waals surface area contributed by atoms with Crippen molar-refractivity contribution in [3.63, 3.8) is 0 Å². The van der Waals surface area contributed by atoms with Crippen molar-refractivity contribution in [2.24, 2.45) is 0 Å². The Morgan fingerprint density at radius 1 is 1.33 bits per heavy atom. The van der Waals surface area contributed by atoms with Gasteiger partial charge in [0.15, 0.2) is 11.4 Å². The van der Waals surface area contributed by atoms with Gasteiger partial charge in [-0.2, -0.15) is 17.6 Å². The molecule has 0 spiro atoms. The number of halogens is 4. The highest BCUT2D eigenvalue weighted by Crippen LogP contribution is 2.25. The Bertz CT molecular complexity index is 340. The third-order valence-corrected chi connectivity index (χ3v) is 1.18. The highest BCUT2D eigenvalue weighted by atomic mass is 19.4. The van der Waals surface area contributed by atoms with E-state index in [1.807, 2.05) is 0 Å². The van der Waals surface area contributed by atoms with Crippen LogP contribution in [0.5, 0.6) is 0 Å². The van der Waals surface area contributed by atoms with Crippen LogP contribution in [0.25, 0.3) is 0 Å². The summed E-state index contributed by atoms with van der Waals surface area (Å²) in [6, 6.07) is 0.253. The summed E-state index contributed by atoms with van der Waals surface area (Å²) in [6.07, 6.45) is -4.43. The van der Waals surface area contributed by atoms with Gasteiger partial charge in [0.1, 0.15) is 5.56 Å². The minimum atomic E-state index is -4.73. The van der Waals surface area contributed by atoms with Crippen molar-refractivity contribution in [3.05, 3.63) is 34.0 Å². The van der Waals surface area contributed by atoms with Gasteiger partial charge < -0.3 is 4.98 Å². The molecular weight excluding hydrogens is 178 g/mol. The zero-order valence-electron chi connectivity index (χ0n) is 5.57. The lowest BCUT2D eigenvalue weighted by Gasteiger charge is -2.03. The Morgan fingerprint density at radius 3 is 2.33 bits per heavy atom. The second-order valence-corrected chi connectivity index (χ2v) is 2.06. The number of pyridine rings is 1. The van der Waals surface area contributed by atoms with E-state index in [0.29, 0.717) is 6.20 Å². The van der Waals surface area contributed by atoms with Crippen LogP contribution in [0, 0.1) is 5.95 Å². The summed E-state index contributed by atoms with van der Waals surface area (Å²) >= 11 is 0. The van der Waals surface area contributed by atoms with Crippen LogP contribution < -0.4 is 5.43 Å². The summed E-state index contributed by atoms with van der Waals surface area (Å²) in [4.78, 5) is 12.2. The number of aromatic nitrogens is 1. The lowest BCUT2D eigenvalue weighted by Crippen LogP contribution is -2.19. The predicted octanol–water partition coefficient (Wildman–Crippen LogP) is 1.53. The number of rotatable bonds is 0. The van der Waals surface area contributed by atoms with Crippen molar-refractivity contribution in [1.82, 2.24) is 4.98 Å². The SMILES string of the molecule is O=c1cc(F)[nH]cc1C(F)(F)F. The fraction of sp³-hybridized carbons (Fsp3) is 0.167. The zero-order chi connectivity index (χ0) is 9.35. The number of alkyl halides is 3. The summed E-state index contributed by atoms with van der Waals surface area (Å²) in [7, 11) is 0. The maximum absolute atomic E-state index is 12.1. The largest absolute Gasteiger partial charge is 0.421 e. The fourth-order valence-corrected chi connectivity index (χ4v) is 0.668. The predicted molar refractivity (Wildman–Crippen MR) is 32.0 cm³/mol.